The summed E-state index contributed by atoms with van der Waals surface area (Å²) >= 11 is 12.0. The molecule has 1 N–H and O–H groups in total. The lowest BCUT2D eigenvalue weighted by Crippen LogP contribution is -2.18. The lowest BCUT2D eigenvalue weighted by molar-refractivity contribution is 0.430. The van der Waals surface area contributed by atoms with Crippen LogP contribution in [-0.4, -0.2) is 7.05 Å². The van der Waals surface area contributed by atoms with E-state index >= 15 is 0 Å². The lowest BCUT2D eigenvalue weighted by atomic mass is 10.0. The fourth-order valence-electron chi connectivity index (χ4n) is 1.90. The number of hydrogen-bond acceptors (Lipinski definition) is 2. The van der Waals surface area contributed by atoms with E-state index in [2.05, 4.69) is 11.4 Å². The molecule has 1 atom stereocenters. The number of rotatable bonds is 4. The molecule has 2 nitrogen and oxygen atoms in total. The zero-order valence-corrected chi connectivity index (χ0v) is 11.8. The molecule has 96 valence electrons. The smallest absolute Gasteiger partial charge is 0.193 e. The van der Waals surface area contributed by atoms with Crippen LogP contribution < -0.4 is 5.32 Å². The Morgan fingerprint density at radius 1 is 1.22 bits per heavy atom. The third-order valence-corrected chi connectivity index (χ3v) is 3.47. The first kappa shape index (κ1) is 13.5. The van der Waals surface area contributed by atoms with Crippen molar-refractivity contribution >= 4 is 23.2 Å². The highest BCUT2D eigenvalue weighted by Crippen LogP contribution is 2.26. The fraction of sp³-hybridized carbons (Fsp3) is 0.286. The monoisotopic (exact) mass is 283 g/mol. The van der Waals surface area contributed by atoms with E-state index in [-0.39, 0.29) is 6.04 Å². The Balaban J connectivity index is 2.20. The van der Waals surface area contributed by atoms with E-state index in [1.54, 1.807) is 6.07 Å². The van der Waals surface area contributed by atoms with Crippen molar-refractivity contribution in [3.63, 3.8) is 0 Å². The molecule has 0 radical (unpaired) electrons. The molecule has 0 fully saturated rings. The first-order valence-corrected chi connectivity index (χ1v) is 6.53. The van der Waals surface area contributed by atoms with Crippen LogP contribution in [0.5, 0.6) is 0 Å². The number of benzene rings is 1. The number of nitrogens with one attached hydrogen (secondary N) is 1. The van der Waals surface area contributed by atoms with E-state index in [1.807, 2.05) is 32.2 Å². The molecule has 0 saturated carbocycles. The molecule has 1 aromatic carbocycles. The molecule has 0 bridgehead atoms. The zero-order valence-electron chi connectivity index (χ0n) is 10.3. The average molecular weight is 284 g/mol. The van der Waals surface area contributed by atoms with Crippen LogP contribution in [0.3, 0.4) is 0 Å². The van der Waals surface area contributed by atoms with Gasteiger partial charge < -0.3 is 9.73 Å². The van der Waals surface area contributed by atoms with Gasteiger partial charge in [0.2, 0.25) is 0 Å². The summed E-state index contributed by atoms with van der Waals surface area (Å²) in [6.45, 7) is 2.03. The van der Waals surface area contributed by atoms with Gasteiger partial charge in [0.05, 0.1) is 6.04 Å². The second-order valence-corrected chi connectivity index (χ2v) is 5.06. The number of likely N-dealkylation sites (N-methyl/N-ethyl adjacent to an activating group) is 1. The lowest BCUT2D eigenvalue weighted by Gasteiger charge is -2.14. The van der Waals surface area contributed by atoms with Crippen LogP contribution >= 0.6 is 23.2 Å². The summed E-state index contributed by atoms with van der Waals surface area (Å²) in [6.07, 6.45) is 0.763. The maximum absolute atomic E-state index is 6.24. The molecular weight excluding hydrogens is 269 g/mol. The van der Waals surface area contributed by atoms with Crippen LogP contribution in [0.25, 0.3) is 0 Å². The third-order valence-electron chi connectivity index (χ3n) is 2.92. The molecule has 4 heteroatoms. The normalized spacial score (nSPS) is 12.7. The summed E-state index contributed by atoms with van der Waals surface area (Å²) < 4.78 is 5.43. The highest BCUT2D eigenvalue weighted by atomic mass is 35.5. The van der Waals surface area contributed by atoms with Crippen LogP contribution in [0, 0.1) is 6.92 Å². The number of furan rings is 1. The van der Waals surface area contributed by atoms with Gasteiger partial charge in [-0.3, -0.25) is 0 Å². The van der Waals surface area contributed by atoms with E-state index < -0.39 is 0 Å². The van der Waals surface area contributed by atoms with Crippen LogP contribution in [0.4, 0.5) is 0 Å². The van der Waals surface area contributed by atoms with E-state index in [1.165, 1.54) is 0 Å². The summed E-state index contributed by atoms with van der Waals surface area (Å²) in [5, 5.41) is 4.40. The molecule has 0 spiro atoms. The predicted molar refractivity (Wildman–Crippen MR) is 75.4 cm³/mol. The fourth-order valence-corrected chi connectivity index (χ4v) is 2.36. The Hall–Kier alpha value is -0.960. The Kier molecular flexibility index (Phi) is 4.33. The standard InChI is InChI=1S/C14H15Cl2NO/c1-9-3-4-10(11(15)7-9)8-12(17-2)13-5-6-14(16)18-13/h3-7,12,17H,8H2,1-2H3. The Morgan fingerprint density at radius 3 is 2.56 bits per heavy atom. The second-order valence-electron chi connectivity index (χ2n) is 4.28. The largest absolute Gasteiger partial charge is 0.448 e. The van der Waals surface area contributed by atoms with Crippen LogP contribution in [0.1, 0.15) is 22.9 Å². The van der Waals surface area contributed by atoms with Crippen molar-refractivity contribution in [1.29, 1.82) is 0 Å². The van der Waals surface area contributed by atoms with Gasteiger partial charge in [-0.25, -0.2) is 0 Å². The molecule has 1 heterocycles. The van der Waals surface area contributed by atoms with E-state index in [4.69, 9.17) is 27.6 Å². The van der Waals surface area contributed by atoms with Gasteiger partial charge in [-0.05, 0) is 61.3 Å². The quantitative estimate of drug-likeness (QED) is 0.900. The number of hydrogen-bond donors (Lipinski definition) is 1. The van der Waals surface area contributed by atoms with Gasteiger partial charge in [-0.1, -0.05) is 23.7 Å². The van der Waals surface area contributed by atoms with Crippen molar-refractivity contribution in [2.75, 3.05) is 7.05 Å². The molecule has 2 aromatic rings. The molecule has 1 unspecified atom stereocenters. The van der Waals surface area contributed by atoms with Crippen molar-refractivity contribution in [3.8, 4) is 0 Å². The summed E-state index contributed by atoms with van der Waals surface area (Å²) in [5.41, 5.74) is 2.25. The summed E-state index contributed by atoms with van der Waals surface area (Å²) in [7, 11) is 1.89. The topological polar surface area (TPSA) is 25.2 Å². The molecule has 2 rings (SSSR count). The molecule has 0 aliphatic heterocycles. The van der Waals surface area contributed by atoms with Gasteiger partial charge in [0.15, 0.2) is 5.22 Å². The van der Waals surface area contributed by atoms with Gasteiger partial charge in [-0.15, -0.1) is 0 Å². The van der Waals surface area contributed by atoms with Crippen molar-refractivity contribution < 1.29 is 4.42 Å². The number of aryl methyl sites for hydroxylation is 1. The van der Waals surface area contributed by atoms with Gasteiger partial charge in [0.1, 0.15) is 5.76 Å². The minimum absolute atomic E-state index is 0.0673. The average Bonchev–Trinajstić information content (AvgIpc) is 2.75. The van der Waals surface area contributed by atoms with Crippen molar-refractivity contribution in [2.24, 2.45) is 0 Å². The third kappa shape index (κ3) is 3.08. The maximum atomic E-state index is 6.24. The first-order valence-electron chi connectivity index (χ1n) is 5.77. The molecule has 0 amide bonds. The molecule has 0 saturated heterocycles. The van der Waals surface area contributed by atoms with Crippen LogP contribution in [0.15, 0.2) is 34.7 Å². The van der Waals surface area contributed by atoms with Crippen molar-refractivity contribution in [1.82, 2.24) is 5.32 Å². The summed E-state index contributed by atoms with van der Waals surface area (Å²) in [6, 6.07) is 9.77. The molecular formula is C14H15Cl2NO. The Morgan fingerprint density at radius 2 is 2.00 bits per heavy atom. The SMILES string of the molecule is CNC(Cc1ccc(C)cc1Cl)c1ccc(Cl)o1. The van der Waals surface area contributed by atoms with Gasteiger partial charge in [0.25, 0.3) is 0 Å². The van der Waals surface area contributed by atoms with Crippen molar-refractivity contribution in [2.45, 2.75) is 19.4 Å². The van der Waals surface area contributed by atoms with Gasteiger partial charge in [-0.2, -0.15) is 0 Å². The van der Waals surface area contributed by atoms with Crippen molar-refractivity contribution in [3.05, 3.63) is 57.5 Å². The highest BCUT2D eigenvalue weighted by Gasteiger charge is 2.15. The second kappa shape index (κ2) is 5.79. The zero-order chi connectivity index (χ0) is 13.1. The Labute approximate surface area is 117 Å². The van der Waals surface area contributed by atoms with E-state index in [9.17, 15) is 0 Å². The predicted octanol–water partition coefficient (Wildman–Crippen LogP) is 4.40. The Bertz CT molecular complexity index is 536. The molecule has 18 heavy (non-hydrogen) atoms. The van der Waals surface area contributed by atoms with E-state index in [0.717, 1.165) is 28.3 Å². The maximum Gasteiger partial charge on any atom is 0.193 e. The van der Waals surface area contributed by atoms with Crippen LogP contribution in [-0.2, 0) is 6.42 Å². The minimum Gasteiger partial charge on any atom is -0.448 e. The molecule has 0 aliphatic rings. The molecule has 0 aliphatic carbocycles. The summed E-state index contributed by atoms with van der Waals surface area (Å²) in [4.78, 5) is 0. The highest BCUT2D eigenvalue weighted by molar-refractivity contribution is 6.31. The van der Waals surface area contributed by atoms with Crippen LogP contribution in [0.2, 0.25) is 10.2 Å². The van der Waals surface area contributed by atoms with E-state index in [0.29, 0.717) is 5.22 Å². The summed E-state index contributed by atoms with van der Waals surface area (Å²) in [5.74, 6) is 0.819. The minimum atomic E-state index is 0.0673. The van der Waals surface area contributed by atoms with Gasteiger partial charge in [0, 0.05) is 5.02 Å². The van der Waals surface area contributed by atoms with Gasteiger partial charge >= 0.3 is 0 Å². The first-order chi connectivity index (χ1) is 8.60. The number of halogens is 2. The molecule has 1 aromatic heterocycles.